The quantitative estimate of drug-likeness (QED) is 0.743. The zero-order valence-corrected chi connectivity index (χ0v) is 9.09. The van der Waals surface area contributed by atoms with Crippen LogP contribution in [0.3, 0.4) is 0 Å². The van der Waals surface area contributed by atoms with E-state index in [1.807, 2.05) is 0 Å². The van der Waals surface area contributed by atoms with Gasteiger partial charge in [0.15, 0.2) is 0 Å². The van der Waals surface area contributed by atoms with E-state index in [2.05, 4.69) is 5.32 Å². The summed E-state index contributed by atoms with van der Waals surface area (Å²) in [6.07, 6.45) is -0.248. The monoisotopic (exact) mass is 242 g/mol. The van der Waals surface area contributed by atoms with Crippen molar-refractivity contribution >= 4 is 5.69 Å². The summed E-state index contributed by atoms with van der Waals surface area (Å²) in [6.45, 7) is 0.683. The van der Waals surface area contributed by atoms with Crippen LogP contribution in [0.4, 0.5) is 18.9 Å². The molecule has 92 valence electrons. The summed E-state index contributed by atoms with van der Waals surface area (Å²) in [4.78, 5) is 0. The van der Waals surface area contributed by atoms with Crippen LogP contribution in [0.15, 0.2) is 30.5 Å². The smallest absolute Gasteiger partial charge is 0.399 e. The molecule has 0 spiro atoms. The number of alkyl halides is 3. The van der Waals surface area contributed by atoms with Crippen molar-refractivity contribution in [3.63, 3.8) is 0 Å². The summed E-state index contributed by atoms with van der Waals surface area (Å²) >= 11 is 0. The second kappa shape index (κ2) is 4.31. The summed E-state index contributed by atoms with van der Waals surface area (Å²) in [6, 6.07) is 3.99. The summed E-state index contributed by atoms with van der Waals surface area (Å²) in [5, 5.41) is 2.97. The lowest BCUT2D eigenvalue weighted by Crippen LogP contribution is -2.19. The zero-order valence-electron chi connectivity index (χ0n) is 9.09. The first-order chi connectivity index (χ1) is 7.98. The molecule has 1 aliphatic rings. The predicted octanol–water partition coefficient (Wildman–Crippen LogP) is 2.88. The Hall–Kier alpha value is -1.65. The van der Waals surface area contributed by atoms with Crippen molar-refractivity contribution in [3.8, 4) is 0 Å². The molecule has 0 aliphatic carbocycles. The molecule has 1 aromatic rings. The van der Waals surface area contributed by atoms with Gasteiger partial charge in [-0.25, -0.2) is 0 Å². The lowest BCUT2D eigenvalue weighted by atomic mass is 9.89. The molecule has 0 saturated carbocycles. The Labute approximate surface area is 97.3 Å². The Morgan fingerprint density at radius 2 is 2.06 bits per heavy atom. The van der Waals surface area contributed by atoms with Gasteiger partial charge in [0.25, 0.3) is 0 Å². The lowest BCUT2D eigenvalue weighted by Gasteiger charge is -2.22. The fourth-order valence-electron chi connectivity index (χ4n) is 2.00. The molecule has 1 atom stereocenters. The van der Waals surface area contributed by atoms with Gasteiger partial charge in [0.05, 0.1) is 5.56 Å². The molecular formula is C12H13F3N2. The van der Waals surface area contributed by atoms with E-state index in [9.17, 15) is 13.2 Å². The summed E-state index contributed by atoms with van der Waals surface area (Å²) in [5.74, 6) is -0.200. The maximum absolute atomic E-state index is 12.9. The van der Waals surface area contributed by atoms with Crippen molar-refractivity contribution < 1.29 is 13.2 Å². The van der Waals surface area contributed by atoms with Gasteiger partial charge in [0.1, 0.15) is 0 Å². The van der Waals surface area contributed by atoms with E-state index in [-0.39, 0.29) is 11.6 Å². The van der Waals surface area contributed by atoms with Crippen LogP contribution in [-0.2, 0) is 6.18 Å². The second-order valence-electron chi connectivity index (χ2n) is 4.05. The van der Waals surface area contributed by atoms with Gasteiger partial charge in [-0.05, 0) is 30.3 Å². The topological polar surface area (TPSA) is 38.0 Å². The summed E-state index contributed by atoms with van der Waals surface area (Å²) < 4.78 is 38.7. The van der Waals surface area contributed by atoms with E-state index in [1.165, 1.54) is 12.1 Å². The minimum atomic E-state index is -4.36. The molecule has 1 heterocycles. The number of nitrogens with two attached hydrogens (primary N) is 1. The van der Waals surface area contributed by atoms with Gasteiger partial charge in [0.2, 0.25) is 0 Å². The first-order valence-electron chi connectivity index (χ1n) is 5.35. The van der Waals surface area contributed by atoms with Crippen LogP contribution in [0, 0.1) is 0 Å². The molecule has 0 amide bonds. The van der Waals surface area contributed by atoms with Gasteiger partial charge < -0.3 is 11.1 Å². The highest BCUT2D eigenvalue weighted by Crippen LogP contribution is 2.38. The molecule has 2 rings (SSSR count). The molecule has 0 fully saturated rings. The third kappa shape index (κ3) is 2.54. The van der Waals surface area contributed by atoms with Crippen LogP contribution in [0.5, 0.6) is 0 Å². The minimum Gasteiger partial charge on any atom is -0.399 e. The van der Waals surface area contributed by atoms with E-state index in [1.54, 1.807) is 12.3 Å². The van der Waals surface area contributed by atoms with E-state index in [0.717, 1.165) is 6.07 Å². The molecular weight excluding hydrogens is 229 g/mol. The average molecular weight is 242 g/mol. The third-order valence-corrected chi connectivity index (χ3v) is 2.83. The number of benzene rings is 1. The molecule has 5 heteroatoms. The van der Waals surface area contributed by atoms with Gasteiger partial charge >= 0.3 is 6.18 Å². The Balaban J connectivity index is 2.45. The van der Waals surface area contributed by atoms with Crippen molar-refractivity contribution in [2.24, 2.45) is 0 Å². The molecule has 17 heavy (non-hydrogen) atoms. The van der Waals surface area contributed by atoms with Crippen LogP contribution in [0.1, 0.15) is 23.5 Å². The number of nitrogen functional groups attached to an aromatic ring is 1. The second-order valence-corrected chi connectivity index (χ2v) is 4.05. The number of rotatable bonds is 1. The minimum absolute atomic E-state index is 0.138. The van der Waals surface area contributed by atoms with E-state index < -0.39 is 11.7 Å². The van der Waals surface area contributed by atoms with Crippen molar-refractivity contribution in [3.05, 3.63) is 41.6 Å². The molecule has 0 radical (unpaired) electrons. The van der Waals surface area contributed by atoms with E-state index >= 15 is 0 Å². The first-order valence-corrected chi connectivity index (χ1v) is 5.35. The summed E-state index contributed by atoms with van der Waals surface area (Å²) in [5.41, 5.74) is 5.23. The molecule has 0 saturated heterocycles. The van der Waals surface area contributed by atoms with Crippen LogP contribution >= 0.6 is 0 Å². The number of hydrogen-bond acceptors (Lipinski definition) is 2. The molecule has 0 aromatic heterocycles. The Bertz CT molecular complexity index is 438. The third-order valence-electron chi connectivity index (χ3n) is 2.83. The van der Waals surface area contributed by atoms with Crippen LogP contribution in [0.2, 0.25) is 0 Å². The SMILES string of the molecule is Nc1ccc(C2C=CNCC2)c(C(F)(F)F)c1. The number of halogens is 3. The van der Waals surface area contributed by atoms with Crippen molar-refractivity contribution in [2.45, 2.75) is 18.5 Å². The molecule has 0 bridgehead atoms. The first kappa shape index (κ1) is 11.8. The number of nitrogens with one attached hydrogen (secondary N) is 1. The average Bonchev–Trinajstić information content (AvgIpc) is 2.29. The molecule has 3 N–H and O–H groups in total. The normalized spacial score (nSPS) is 20.1. The predicted molar refractivity (Wildman–Crippen MR) is 60.4 cm³/mol. The van der Waals surface area contributed by atoms with E-state index in [4.69, 9.17) is 5.73 Å². The number of allylic oxidation sites excluding steroid dienone is 1. The highest BCUT2D eigenvalue weighted by atomic mass is 19.4. The van der Waals surface area contributed by atoms with Crippen molar-refractivity contribution in [2.75, 3.05) is 12.3 Å². The highest BCUT2D eigenvalue weighted by Gasteiger charge is 2.35. The maximum Gasteiger partial charge on any atom is 0.416 e. The molecule has 1 aliphatic heterocycles. The number of anilines is 1. The van der Waals surface area contributed by atoms with Gasteiger partial charge in [-0.2, -0.15) is 13.2 Å². The van der Waals surface area contributed by atoms with Gasteiger partial charge in [0, 0.05) is 18.2 Å². The van der Waals surface area contributed by atoms with Crippen LogP contribution in [-0.4, -0.2) is 6.54 Å². The van der Waals surface area contributed by atoms with Gasteiger partial charge in [-0.3, -0.25) is 0 Å². The lowest BCUT2D eigenvalue weighted by molar-refractivity contribution is -0.138. The number of hydrogen-bond donors (Lipinski definition) is 2. The fraction of sp³-hybridized carbons (Fsp3) is 0.333. The van der Waals surface area contributed by atoms with Gasteiger partial charge in [-0.15, -0.1) is 0 Å². The zero-order chi connectivity index (χ0) is 12.5. The summed E-state index contributed by atoms with van der Waals surface area (Å²) in [7, 11) is 0. The highest BCUT2D eigenvalue weighted by molar-refractivity contribution is 5.48. The van der Waals surface area contributed by atoms with Crippen molar-refractivity contribution in [1.82, 2.24) is 5.32 Å². The van der Waals surface area contributed by atoms with Crippen LogP contribution in [0.25, 0.3) is 0 Å². The maximum atomic E-state index is 12.9. The molecule has 1 aromatic carbocycles. The Kier molecular flexibility index (Phi) is 3.00. The standard InChI is InChI=1S/C12H13F3N2/c13-12(14,15)11-7-9(16)1-2-10(11)8-3-5-17-6-4-8/h1-3,5,7-8,17H,4,6,16H2. The van der Waals surface area contributed by atoms with Gasteiger partial charge in [-0.1, -0.05) is 12.1 Å². The molecule has 1 unspecified atom stereocenters. The van der Waals surface area contributed by atoms with E-state index in [0.29, 0.717) is 18.5 Å². The Morgan fingerprint density at radius 3 is 2.65 bits per heavy atom. The Morgan fingerprint density at radius 1 is 1.29 bits per heavy atom. The van der Waals surface area contributed by atoms with Crippen LogP contribution < -0.4 is 11.1 Å². The fourth-order valence-corrected chi connectivity index (χ4v) is 2.00. The molecule has 2 nitrogen and oxygen atoms in total. The largest absolute Gasteiger partial charge is 0.416 e. The van der Waals surface area contributed by atoms with Crippen molar-refractivity contribution in [1.29, 1.82) is 0 Å².